The maximum Gasteiger partial charge on any atom is 0.257 e. The van der Waals surface area contributed by atoms with E-state index in [1.165, 1.54) is 0 Å². The van der Waals surface area contributed by atoms with Gasteiger partial charge in [0, 0.05) is 37.9 Å². The molecule has 1 aromatic heterocycles. The van der Waals surface area contributed by atoms with E-state index >= 15 is 0 Å². The summed E-state index contributed by atoms with van der Waals surface area (Å²) in [7, 11) is 4.17. The highest BCUT2D eigenvalue weighted by atomic mass is 16.3. The van der Waals surface area contributed by atoms with Crippen LogP contribution in [-0.4, -0.2) is 64.1 Å². The number of carbonyl (C=O) groups is 1. The first-order chi connectivity index (χ1) is 13.0. The summed E-state index contributed by atoms with van der Waals surface area (Å²) in [6.45, 7) is 5.26. The van der Waals surface area contributed by atoms with Gasteiger partial charge in [0.05, 0.1) is 5.56 Å². The highest BCUT2D eigenvalue weighted by Crippen LogP contribution is 2.28. The molecule has 1 N–H and O–H groups in total. The number of nitrogens with zero attached hydrogens (tertiary/aromatic N) is 4. The van der Waals surface area contributed by atoms with Crippen LogP contribution in [-0.2, 0) is 6.54 Å². The molecule has 3 rings (SSSR count). The maximum absolute atomic E-state index is 12.9. The summed E-state index contributed by atoms with van der Waals surface area (Å²) >= 11 is 0. The molecule has 1 fully saturated rings. The minimum absolute atomic E-state index is 0.0623. The Morgan fingerprint density at radius 1 is 1.37 bits per heavy atom. The zero-order valence-corrected chi connectivity index (χ0v) is 16.6. The minimum atomic E-state index is -0.0945. The molecule has 0 radical (unpaired) electrons. The first-order valence-corrected chi connectivity index (χ1v) is 9.70. The van der Waals surface area contributed by atoms with Gasteiger partial charge in [-0.05, 0) is 64.5 Å². The second-order valence-corrected chi connectivity index (χ2v) is 7.75. The number of carbonyl (C=O) groups excluding carboxylic acids is 1. The Hall–Kier alpha value is -2.34. The van der Waals surface area contributed by atoms with Gasteiger partial charge < -0.3 is 19.5 Å². The molecule has 0 unspecified atom stereocenters. The zero-order chi connectivity index (χ0) is 19.4. The number of aromatic nitrogens is 2. The predicted octanol–water partition coefficient (Wildman–Crippen LogP) is 2.87. The molecular weight excluding hydrogens is 340 g/mol. The van der Waals surface area contributed by atoms with E-state index in [1.807, 2.05) is 30.3 Å². The Morgan fingerprint density at radius 3 is 2.93 bits per heavy atom. The van der Waals surface area contributed by atoms with Crippen molar-refractivity contribution >= 4 is 5.91 Å². The van der Waals surface area contributed by atoms with Crippen LogP contribution in [0.4, 0.5) is 0 Å². The van der Waals surface area contributed by atoms with Crippen LogP contribution in [0.2, 0.25) is 0 Å². The van der Waals surface area contributed by atoms with Gasteiger partial charge in [-0.3, -0.25) is 4.79 Å². The molecule has 6 heteroatoms. The Labute approximate surface area is 161 Å². The number of phenols is 1. The van der Waals surface area contributed by atoms with Crippen molar-refractivity contribution in [1.82, 2.24) is 19.4 Å². The highest BCUT2D eigenvalue weighted by molar-refractivity contribution is 5.97. The van der Waals surface area contributed by atoms with Crippen molar-refractivity contribution < 1.29 is 9.90 Å². The first-order valence-electron chi connectivity index (χ1n) is 9.70. The molecule has 2 heterocycles. The van der Waals surface area contributed by atoms with E-state index in [-0.39, 0.29) is 17.6 Å². The largest absolute Gasteiger partial charge is 0.507 e. The summed E-state index contributed by atoms with van der Waals surface area (Å²) in [5, 5.41) is 10.2. The van der Waals surface area contributed by atoms with Crippen molar-refractivity contribution in [3.05, 3.63) is 47.5 Å². The summed E-state index contributed by atoms with van der Waals surface area (Å²) in [5.74, 6) is 1.28. The molecule has 1 amide bonds. The number of aromatic hydroxyl groups is 1. The lowest BCUT2D eigenvalue weighted by Crippen LogP contribution is -2.39. The predicted molar refractivity (Wildman–Crippen MR) is 106 cm³/mol. The van der Waals surface area contributed by atoms with Crippen molar-refractivity contribution in [1.29, 1.82) is 0 Å². The van der Waals surface area contributed by atoms with Gasteiger partial charge in [-0.2, -0.15) is 0 Å². The van der Waals surface area contributed by atoms with E-state index in [4.69, 9.17) is 0 Å². The van der Waals surface area contributed by atoms with Crippen LogP contribution < -0.4 is 0 Å². The highest BCUT2D eigenvalue weighted by Gasteiger charge is 2.29. The van der Waals surface area contributed by atoms with E-state index in [0.29, 0.717) is 12.1 Å². The lowest BCUT2D eigenvalue weighted by atomic mass is 9.96. The maximum atomic E-state index is 12.9. The van der Waals surface area contributed by atoms with E-state index in [1.54, 1.807) is 12.1 Å². The summed E-state index contributed by atoms with van der Waals surface area (Å²) in [4.78, 5) is 21.6. The summed E-state index contributed by atoms with van der Waals surface area (Å²) in [6, 6.07) is 5.23. The van der Waals surface area contributed by atoms with Gasteiger partial charge in [-0.1, -0.05) is 6.07 Å². The normalized spacial score (nSPS) is 17.5. The van der Waals surface area contributed by atoms with Crippen molar-refractivity contribution in [3.63, 3.8) is 0 Å². The standard InChI is InChI=1S/C21H30N4O2/c1-16-7-8-18(19(26)14-16)21(27)25-11-4-6-17(15-25)20-22-9-13-24(20)12-5-10-23(2)3/h7-9,13-14,17,26H,4-6,10-12,15H2,1-3H3/t17-/m0/s1. The molecule has 0 saturated carbocycles. The first kappa shape index (κ1) is 19.4. The molecule has 1 saturated heterocycles. The van der Waals surface area contributed by atoms with Crippen LogP contribution in [0.5, 0.6) is 5.75 Å². The van der Waals surface area contributed by atoms with Crippen molar-refractivity contribution in [3.8, 4) is 5.75 Å². The van der Waals surface area contributed by atoms with Gasteiger partial charge in [0.25, 0.3) is 5.91 Å². The Bertz CT molecular complexity index is 784. The van der Waals surface area contributed by atoms with Gasteiger partial charge in [-0.25, -0.2) is 4.98 Å². The molecule has 2 aromatic rings. The van der Waals surface area contributed by atoms with Crippen molar-refractivity contribution in [2.75, 3.05) is 33.7 Å². The van der Waals surface area contributed by atoms with Crippen molar-refractivity contribution in [2.24, 2.45) is 0 Å². The topological polar surface area (TPSA) is 61.6 Å². The van der Waals surface area contributed by atoms with Crippen LogP contribution >= 0.6 is 0 Å². The number of likely N-dealkylation sites (tertiary alicyclic amines) is 1. The van der Waals surface area contributed by atoms with E-state index in [9.17, 15) is 9.90 Å². The summed E-state index contributed by atoms with van der Waals surface area (Å²) in [5.41, 5.74) is 1.33. The molecule has 6 nitrogen and oxygen atoms in total. The number of phenolic OH excluding ortho intramolecular Hbond substituents is 1. The molecule has 0 aliphatic carbocycles. The van der Waals surface area contributed by atoms with Gasteiger partial charge in [0.2, 0.25) is 0 Å². The molecular formula is C21H30N4O2. The molecule has 1 aliphatic heterocycles. The number of aryl methyl sites for hydroxylation is 2. The fourth-order valence-electron chi connectivity index (χ4n) is 3.79. The molecule has 146 valence electrons. The molecule has 1 atom stereocenters. The van der Waals surface area contributed by atoms with Gasteiger partial charge in [0.15, 0.2) is 0 Å². The average molecular weight is 370 g/mol. The molecule has 27 heavy (non-hydrogen) atoms. The number of rotatable bonds is 6. The number of amides is 1. The third-order valence-electron chi connectivity index (χ3n) is 5.21. The Balaban J connectivity index is 1.69. The Morgan fingerprint density at radius 2 is 2.19 bits per heavy atom. The van der Waals surface area contributed by atoms with Gasteiger partial charge >= 0.3 is 0 Å². The van der Waals surface area contributed by atoms with Crippen LogP contribution in [0.3, 0.4) is 0 Å². The van der Waals surface area contributed by atoms with E-state index in [0.717, 1.165) is 50.3 Å². The lowest BCUT2D eigenvalue weighted by Gasteiger charge is -2.33. The molecule has 0 spiro atoms. The van der Waals surface area contributed by atoms with Gasteiger partial charge in [-0.15, -0.1) is 0 Å². The third-order valence-corrected chi connectivity index (χ3v) is 5.21. The molecule has 1 aromatic carbocycles. The second kappa shape index (κ2) is 8.57. The zero-order valence-electron chi connectivity index (χ0n) is 16.6. The summed E-state index contributed by atoms with van der Waals surface area (Å²) in [6.07, 6.45) is 6.96. The fourth-order valence-corrected chi connectivity index (χ4v) is 3.79. The average Bonchev–Trinajstić information content (AvgIpc) is 3.09. The van der Waals surface area contributed by atoms with Crippen LogP contribution in [0, 0.1) is 6.92 Å². The van der Waals surface area contributed by atoms with Crippen LogP contribution in [0.25, 0.3) is 0 Å². The quantitative estimate of drug-likeness (QED) is 0.849. The summed E-state index contributed by atoms with van der Waals surface area (Å²) < 4.78 is 2.23. The van der Waals surface area contributed by atoms with Crippen LogP contribution in [0.1, 0.15) is 46.9 Å². The molecule has 1 aliphatic rings. The number of hydrogen-bond donors (Lipinski definition) is 1. The van der Waals surface area contributed by atoms with E-state index in [2.05, 4.69) is 28.5 Å². The van der Waals surface area contributed by atoms with E-state index < -0.39 is 0 Å². The monoisotopic (exact) mass is 370 g/mol. The Kier molecular flexibility index (Phi) is 6.16. The minimum Gasteiger partial charge on any atom is -0.507 e. The smallest absolute Gasteiger partial charge is 0.257 e. The number of hydrogen-bond acceptors (Lipinski definition) is 4. The SMILES string of the molecule is Cc1ccc(C(=O)N2CCC[C@H](c3nccn3CCCN(C)C)C2)c(O)c1. The molecule has 0 bridgehead atoms. The number of imidazole rings is 1. The lowest BCUT2D eigenvalue weighted by molar-refractivity contribution is 0.0700. The van der Waals surface area contributed by atoms with Crippen LogP contribution in [0.15, 0.2) is 30.6 Å². The number of piperidine rings is 1. The number of benzene rings is 1. The van der Waals surface area contributed by atoms with Crippen molar-refractivity contribution in [2.45, 2.75) is 38.6 Å². The fraction of sp³-hybridized carbons (Fsp3) is 0.524. The second-order valence-electron chi connectivity index (χ2n) is 7.75. The third kappa shape index (κ3) is 4.69. The van der Waals surface area contributed by atoms with Gasteiger partial charge in [0.1, 0.15) is 11.6 Å².